The van der Waals surface area contributed by atoms with E-state index in [4.69, 9.17) is 5.73 Å². The number of benzene rings is 1. The van der Waals surface area contributed by atoms with Crippen LogP contribution in [-0.2, 0) is 6.54 Å². The largest absolute Gasteiger partial charge is 0.366 e. The average molecular weight is 266 g/mol. The maximum absolute atomic E-state index is 13.6. The zero-order valence-corrected chi connectivity index (χ0v) is 11.0. The molecule has 0 aliphatic carbocycles. The highest BCUT2D eigenvalue weighted by Gasteiger charge is 2.14. The van der Waals surface area contributed by atoms with Crippen molar-refractivity contribution in [3.8, 4) is 0 Å². The van der Waals surface area contributed by atoms with E-state index in [9.17, 15) is 9.18 Å². The Morgan fingerprint density at radius 2 is 2.05 bits per heavy atom. The van der Waals surface area contributed by atoms with Gasteiger partial charge in [0.05, 0.1) is 0 Å². The van der Waals surface area contributed by atoms with Gasteiger partial charge in [0.2, 0.25) is 5.91 Å². The van der Waals surface area contributed by atoms with Crippen molar-refractivity contribution in [3.05, 3.63) is 35.1 Å². The number of hydrogen-bond acceptors (Lipinski definition) is 4. The van der Waals surface area contributed by atoms with Crippen LogP contribution in [0.15, 0.2) is 18.2 Å². The number of amides is 1. The van der Waals surface area contributed by atoms with Crippen LogP contribution in [0.3, 0.4) is 0 Å². The third-order valence-electron chi connectivity index (χ3n) is 3.33. The number of hydrogen-bond donors (Lipinski definition) is 2. The van der Waals surface area contributed by atoms with E-state index in [2.05, 4.69) is 22.4 Å². The summed E-state index contributed by atoms with van der Waals surface area (Å²) in [4.78, 5) is 13.3. The molecule has 1 amide bonds. The molecule has 6 heteroatoms. The van der Waals surface area contributed by atoms with Crippen LogP contribution < -0.4 is 11.2 Å². The quantitative estimate of drug-likeness (QED) is 0.816. The summed E-state index contributed by atoms with van der Waals surface area (Å²) in [7, 11) is 2.08. The molecule has 1 aromatic rings. The van der Waals surface area contributed by atoms with Gasteiger partial charge in [0.1, 0.15) is 5.82 Å². The Balaban J connectivity index is 1.95. The summed E-state index contributed by atoms with van der Waals surface area (Å²) in [6.45, 7) is 4.12. The molecular weight excluding hydrogens is 247 g/mol. The highest BCUT2D eigenvalue weighted by molar-refractivity contribution is 5.92. The van der Waals surface area contributed by atoms with Crippen LogP contribution in [0.25, 0.3) is 0 Å². The number of nitrogens with one attached hydrogen (secondary N) is 1. The molecule has 1 saturated heterocycles. The van der Waals surface area contributed by atoms with Crippen molar-refractivity contribution >= 4 is 5.91 Å². The van der Waals surface area contributed by atoms with E-state index in [1.54, 1.807) is 0 Å². The van der Waals surface area contributed by atoms with Crippen molar-refractivity contribution in [1.82, 2.24) is 15.3 Å². The van der Waals surface area contributed by atoms with Crippen LogP contribution in [0.1, 0.15) is 15.9 Å². The lowest BCUT2D eigenvalue weighted by Gasteiger charge is -2.32. The molecule has 1 aliphatic rings. The van der Waals surface area contributed by atoms with Crippen LogP contribution in [0, 0.1) is 5.82 Å². The number of hydrazine groups is 1. The van der Waals surface area contributed by atoms with Gasteiger partial charge in [-0.1, -0.05) is 0 Å². The van der Waals surface area contributed by atoms with Gasteiger partial charge in [0, 0.05) is 43.9 Å². The van der Waals surface area contributed by atoms with E-state index >= 15 is 0 Å². The minimum Gasteiger partial charge on any atom is -0.366 e. The molecule has 0 unspecified atom stereocenters. The molecule has 1 heterocycles. The average Bonchev–Trinajstić information content (AvgIpc) is 2.39. The van der Waals surface area contributed by atoms with Gasteiger partial charge < -0.3 is 10.6 Å². The maximum Gasteiger partial charge on any atom is 0.248 e. The van der Waals surface area contributed by atoms with Crippen LogP contribution in [-0.4, -0.2) is 49.0 Å². The fourth-order valence-electron chi connectivity index (χ4n) is 2.03. The molecule has 104 valence electrons. The molecule has 1 aromatic carbocycles. The second-order valence-corrected chi connectivity index (χ2v) is 4.80. The first-order valence-electron chi connectivity index (χ1n) is 6.31. The third kappa shape index (κ3) is 3.73. The second-order valence-electron chi connectivity index (χ2n) is 4.80. The summed E-state index contributed by atoms with van der Waals surface area (Å²) in [6.07, 6.45) is 0. The first kappa shape index (κ1) is 13.9. The SMILES string of the molecule is CN1CCN(NCc2cc(C(N)=O)ccc2F)CC1. The molecule has 0 aromatic heterocycles. The number of carbonyl (C=O) groups excluding carboxylic acids is 1. The molecular formula is C13H19FN4O. The number of piperazine rings is 1. The Kier molecular flexibility index (Phi) is 4.47. The minimum absolute atomic E-state index is 0.327. The minimum atomic E-state index is -0.541. The number of likely N-dealkylation sites (N-methyl/N-ethyl adjacent to an activating group) is 1. The monoisotopic (exact) mass is 266 g/mol. The summed E-state index contributed by atoms with van der Waals surface area (Å²) in [5.74, 6) is -0.868. The van der Waals surface area contributed by atoms with E-state index in [1.807, 2.05) is 0 Å². The normalized spacial score (nSPS) is 17.6. The number of halogens is 1. The topological polar surface area (TPSA) is 61.6 Å². The first-order valence-corrected chi connectivity index (χ1v) is 6.31. The van der Waals surface area contributed by atoms with Crippen LogP contribution in [0.2, 0.25) is 0 Å². The summed E-state index contributed by atoms with van der Waals surface area (Å²) in [5.41, 5.74) is 9.15. The fraction of sp³-hybridized carbons (Fsp3) is 0.462. The van der Waals surface area contributed by atoms with E-state index in [-0.39, 0.29) is 5.82 Å². The zero-order chi connectivity index (χ0) is 13.8. The zero-order valence-electron chi connectivity index (χ0n) is 11.0. The third-order valence-corrected chi connectivity index (χ3v) is 3.33. The Bertz CT molecular complexity index is 458. The molecule has 1 fully saturated rings. The number of nitrogens with two attached hydrogens (primary N) is 1. The molecule has 3 N–H and O–H groups in total. The Morgan fingerprint density at radius 1 is 1.37 bits per heavy atom. The van der Waals surface area contributed by atoms with Crippen molar-refractivity contribution in [3.63, 3.8) is 0 Å². The predicted molar refractivity (Wildman–Crippen MR) is 70.8 cm³/mol. The van der Waals surface area contributed by atoms with Crippen molar-refractivity contribution in [2.24, 2.45) is 5.73 Å². The molecule has 2 rings (SSSR count). The van der Waals surface area contributed by atoms with Gasteiger partial charge in [-0.3, -0.25) is 10.2 Å². The lowest BCUT2D eigenvalue weighted by atomic mass is 10.1. The van der Waals surface area contributed by atoms with E-state index in [0.29, 0.717) is 17.7 Å². The molecule has 0 spiro atoms. The number of carbonyl (C=O) groups is 1. The molecule has 1 aliphatic heterocycles. The highest BCUT2D eigenvalue weighted by Crippen LogP contribution is 2.10. The van der Waals surface area contributed by atoms with Crippen LogP contribution in [0.4, 0.5) is 4.39 Å². The van der Waals surface area contributed by atoms with Crippen LogP contribution >= 0.6 is 0 Å². The molecule has 19 heavy (non-hydrogen) atoms. The molecule has 0 bridgehead atoms. The summed E-state index contributed by atoms with van der Waals surface area (Å²) < 4.78 is 13.6. The fourth-order valence-corrected chi connectivity index (χ4v) is 2.03. The predicted octanol–water partition coefficient (Wildman–Crippen LogP) is 0.177. The van der Waals surface area contributed by atoms with E-state index in [0.717, 1.165) is 26.2 Å². The Morgan fingerprint density at radius 3 is 2.68 bits per heavy atom. The van der Waals surface area contributed by atoms with Gasteiger partial charge in [0.15, 0.2) is 0 Å². The van der Waals surface area contributed by atoms with Gasteiger partial charge in [-0.15, -0.1) is 0 Å². The van der Waals surface area contributed by atoms with E-state index in [1.165, 1.54) is 18.2 Å². The summed E-state index contributed by atoms with van der Waals surface area (Å²) in [6, 6.07) is 4.18. The standard InChI is InChI=1S/C13H19FN4O/c1-17-4-6-18(7-5-17)16-9-11-8-10(13(15)19)2-3-12(11)14/h2-3,8,16H,4-7,9H2,1H3,(H2,15,19). The van der Waals surface area contributed by atoms with Gasteiger partial charge in [-0.05, 0) is 25.2 Å². The van der Waals surface area contributed by atoms with Gasteiger partial charge in [-0.25, -0.2) is 9.40 Å². The van der Waals surface area contributed by atoms with E-state index < -0.39 is 5.91 Å². The molecule has 0 saturated carbocycles. The Labute approximate surface area is 112 Å². The lowest BCUT2D eigenvalue weighted by molar-refractivity contribution is 0.0997. The van der Waals surface area contributed by atoms with Crippen molar-refractivity contribution in [2.75, 3.05) is 33.2 Å². The summed E-state index contributed by atoms with van der Waals surface area (Å²) in [5, 5.41) is 2.07. The van der Waals surface area contributed by atoms with Crippen molar-refractivity contribution < 1.29 is 9.18 Å². The smallest absolute Gasteiger partial charge is 0.248 e. The number of rotatable bonds is 4. The molecule has 0 atom stereocenters. The van der Waals surface area contributed by atoms with Crippen molar-refractivity contribution in [2.45, 2.75) is 6.54 Å². The Hall–Kier alpha value is -1.50. The van der Waals surface area contributed by atoms with Crippen LogP contribution in [0.5, 0.6) is 0 Å². The maximum atomic E-state index is 13.6. The first-order chi connectivity index (χ1) is 9.06. The highest BCUT2D eigenvalue weighted by atomic mass is 19.1. The number of nitrogens with zero attached hydrogens (tertiary/aromatic N) is 2. The number of primary amides is 1. The molecule has 0 radical (unpaired) electrons. The lowest BCUT2D eigenvalue weighted by Crippen LogP contribution is -2.50. The van der Waals surface area contributed by atoms with Gasteiger partial charge in [-0.2, -0.15) is 0 Å². The van der Waals surface area contributed by atoms with Gasteiger partial charge >= 0.3 is 0 Å². The summed E-state index contributed by atoms with van der Waals surface area (Å²) >= 11 is 0. The molecule has 5 nitrogen and oxygen atoms in total. The van der Waals surface area contributed by atoms with Gasteiger partial charge in [0.25, 0.3) is 0 Å². The second kappa shape index (κ2) is 6.10. The van der Waals surface area contributed by atoms with Crippen molar-refractivity contribution in [1.29, 1.82) is 0 Å².